The molecule has 0 bridgehead atoms. The quantitative estimate of drug-likeness (QED) is 0.673. The molecule has 0 aromatic carbocycles. The molecule has 98 valence electrons. The minimum atomic E-state index is 0.837. The lowest BCUT2D eigenvalue weighted by atomic mass is 10.2. The molecule has 4 heterocycles. The molecule has 0 aliphatic carbocycles. The minimum Gasteiger partial charge on any atom is -0.370 e. The molecule has 1 fully saturated rings. The summed E-state index contributed by atoms with van der Waals surface area (Å²) in [6.45, 7) is 6.92. The molecule has 19 heavy (non-hydrogen) atoms. The summed E-state index contributed by atoms with van der Waals surface area (Å²) in [5.41, 5.74) is 3.33. The maximum atomic E-state index is 5.51. The van der Waals surface area contributed by atoms with Gasteiger partial charge in [0.2, 0.25) is 0 Å². The molecule has 1 spiro atoms. The molecule has 0 N–H and O–H groups in total. The van der Waals surface area contributed by atoms with E-state index in [1.165, 1.54) is 5.70 Å². The predicted molar refractivity (Wildman–Crippen MR) is 72.0 cm³/mol. The van der Waals surface area contributed by atoms with Crippen LogP contribution < -0.4 is 0 Å². The summed E-state index contributed by atoms with van der Waals surface area (Å²) in [7, 11) is 0. The average molecular weight is 257 g/mol. The third-order valence-corrected chi connectivity index (χ3v) is 4.37. The Hall–Kier alpha value is -1.72. The zero-order valence-corrected chi connectivity index (χ0v) is 11.0. The zero-order chi connectivity index (χ0) is 12.9. The van der Waals surface area contributed by atoms with Gasteiger partial charge in [-0.25, -0.2) is 9.97 Å². The molecular formula is C14H17N4O+. The van der Waals surface area contributed by atoms with E-state index in [4.69, 9.17) is 4.74 Å². The van der Waals surface area contributed by atoms with Gasteiger partial charge in [-0.05, 0) is 12.1 Å². The van der Waals surface area contributed by atoms with Crippen LogP contribution in [0.1, 0.15) is 12.7 Å². The highest BCUT2D eigenvalue weighted by atomic mass is 16.5. The van der Waals surface area contributed by atoms with Crippen molar-refractivity contribution in [2.75, 3.05) is 26.3 Å². The highest BCUT2D eigenvalue weighted by Gasteiger charge is 2.38. The Kier molecular flexibility index (Phi) is 2.28. The monoisotopic (exact) mass is 257 g/mol. The highest BCUT2D eigenvalue weighted by Crippen LogP contribution is 2.31. The molecular weight excluding hydrogens is 240 g/mol. The van der Waals surface area contributed by atoms with Crippen molar-refractivity contribution in [2.24, 2.45) is 0 Å². The topological polar surface area (TPSA) is 39.9 Å². The number of imidazole rings is 1. The van der Waals surface area contributed by atoms with Crippen LogP contribution in [0.2, 0.25) is 0 Å². The Bertz CT molecular complexity index is 667. The highest BCUT2D eigenvalue weighted by molar-refractivity contribution is 5.74. The molecule has 2 aliphatic rings. The summed E-state index contributed by atoms with van der Waals surface area (Å²) in [4.78, 5) is 9.04. The SMILES string of the molecule is CC1=Cn2c(nc3ncccc32)C[N+]12CCOCC2. The van der Waals surface area contributed by atoms with E-state index in [-0.39, 0.29) is 0 Å². The maximum absolute atomic E-state index is 5.51. The van der Waals surface area contributed by atoms with Gasteiger partial charge in [0.25, 0.3) is 0 Å². The molecule has 5 nitrogen and oxygen atoms in total. The second-order valence-electron chi connectivity index (χ2n) is 5.38. The van der Waals surface area contributed by atoms with Crippen LogP contribution in [0, 0.1) is 0 Å². The zero-order valence-electron chi connectivity index (χ0n) is 11.0. The van der Waals surface area contributed by atoms with E-state index >= 15 is 0 Å². The van der Waals surface area contributed by atoms with Gasteiger partial charge in [-0.15, -0.1) is 0 Å². The first kappa shape index (κ1) is 11.1. The fourth-order valence-corrected chi connectivity index (χ4v) is 3.14. The van der Waals surface area contributed by atoms with E-state index in [1.807, 2.05) is 6.07 Å². The number of allylic oxidation sites excluding steroid dienone is 1. The van der Waals surface area contributed by atoms with E-state index in [0.29, 0.717) is 0 Å². The number of hydrogen-bond acceptors (Lipinski definition) is 3. The molecule has 0 atom stereocenters. The molecule has 2 aliphatic heterocycles. The molecule has 0 radical (unpaired) electrons. The lowest BCUT2D eigenvalue weighted by molar-refractivity contribution is -0.913. The van der Waals surface area contributed by atoms with Gasteiger partial charge in [0.05, 0.1) is 24.9 Å². The van der Waals surface area contributed by atoms with Crippen LogP contribution in [0.15, 0.2) is 24.0 Å². The van der Waals surface area contributed by atoms with Gasteiger partial charge in [-0.1, -0.05) is 0 Å². The van der Waals surface area contributed by atoms with Gasteiger partial charge in [-0.3, -0.25) is 9.05 Å². The Labute approximate surface area is 111 Å². The lowest BCUT2D eigenvalue weighted by Crippen LogP contribution is -2.54. The van der Waals surface area contributed by atoms with Gasteiger partial charge in [-0.2, -0.15) is 0 Å². The molecule has 2 aromatic heterocycles. The van der Waals surface area contributed by atoms with E-state index in [9.17, 15) is 0 Å². The van der Waals surface area contributed by atoms with Crippen LogP contribution in [-0.4, -0.2) is 45.3 Å². The number of pyridine rings is 1. The minimum absolute atomic E-state index is 0.837. The second kappa shape index (κ2) is 3.88. The van der Waals surface area contributed by atoms with Crippen LogP contribution in [0.4, 0.5) is 0 Å². The van der Waals surface area contributed by atoms with Crippen LogP contribution in [0.25, 0.3) is 17.4 Å². The number of morpholine rings is 1. The predicted octanol–water partition coefficient (Wildman–Crippen LogP) is 1.61. The number of nitrogens with zero attached hydrogens (tertiary/aromatic N) is 4. The van der Waals surface area contributed by atoms with E-state index in [0.717, 1.165) is 54.3 Å². The molecule has 0 amide bonds. The number of aromatic nitrogens is 3. The fourth-order valence-electron chi connectivity index (χ4n) is 3.14. The first-order valence-electron chi connectivity index (χ1n) is 6.73. The second-order valence-corrected chi connectivity index (χ2v) is 5.38. The van der Waals surface area contributed by atoms with Crippen LogP contribution in [0.5, 0.6) is 0 Å². The standard InChI is InChI=1S/C14H17N4O/c1-11-9-17-12-3-2-4-15-14(12)16-13(17)10-18(11)5-7-19-8-6-18/h2-4,9H,5-8,10H2,1H3/q+1. The van der Waals surface area contributed by atoms with Crippen molar-refractivity contribution < 1.29 is 9.22 Å². The van der Waals surface area contributed by atoms with Crippen molar-refractivity contribution in [1.29, 1.82) is 0 Å². The first-order chi connectivity index (χ1) is 9.28. The summed E-state index contributed by atoms with van der Waals surface area (Å²) in [5.74, 6) is 1.11. The third-order valence-electron chi connectivity index (χ3n) is 4.37. The number of quaternary nitrogens is 1. The van der Waals surface area contributed by atoms with Crippen molar-refractivity contribution >= 4 is 17.4 Å². The molecule has 0 unspecified atom stereocenters. The van der Waals surface area contributed by atoms with Crippen LogP contribution in [-0.2, 0) is 11.3 Å². The van der Waals surface area contributed by atoms with E-state index in [2.05, 4.69) is 33.7 Å². The largest absolute Gasteiger partial charge is 0.370 e. The average Bonchev–Trinajstić information content (AvgIpc) is 2.78. The maximum Gasteiger partial charge on any atom is 0.178 e. The molecule has 1 saturated heterocycles. The number of hydrogen-bond donors (Lipinski definition) is 0. The first-order valence-corrected chi connectivity index (χ1v) is 6.73. The molecule has 4 rings (SSSR count). The molecule has 2 aromatic rings. The third kappa shape index (κ3) is 1.55. The molecule has 5 heteroatoms. The Morgan fingerprint density at radius 3 is 3.00 bits per heavy atom. The smallest absolute Gasteiger partial charge is 0.178 e. The summed E-state index contributed by atoms with van der Waals surface area (Å²) in [6.07, 6.45) is 4.03. The summed E-state index contributed by atoms with van der Waals surface area (Å²) in [5, 5.41) is 0. The van der Waals surface area contributed by atoms with Crippen molar-refractivity contribution in [1.82, 2.24) is 14.5 Å². The Morgan fingerprint density at radius 1 is 1.32 bits per heavy atom. The van der Waals surface area contributed by atoms with E-state index in [1.54, 1.807) is 6.20 Å². The van der Waals surface area contributed by atoms with Crippen molar-refractivity contribution in [3.8, 4) is 0 Å². The number of ether oxygens (including phenoxy) is 1. The Morgan fingerprint density at radius 2 is 2.16 bits per heavy atom. The van der Waals surface area contributed by atoms with Gasteiger partial charge >= 0.3 is 0 Å². The van der Waals surface area contributed by atoms with Crippen molar-refractivity contribution in [2.45, 2.75) is 13.5 Å². The van der Waals surface area contributed by atoms with Gasteiger partial charge in [0.15, 0.2) is 11.5 Å². The summed E-state index contributed by atoms with van der Waals surface area (Å²) < 4.78 is 8.69. The van der Waals surface area contributed by atoms with Crippen LogP contribution in [0.3, 0.4) is 0 Å². The van der Waals surface area contributed by atoms with E-state index < -0.39 is 0 Å². The van der Waals surface area contributed by atoms with Gasteiger partial charge in [0, 0.05) is 13.1 Å². The number of fused-ring (bicyclic) bond motifs is 3. The Balaban J connectivity index is 1.87. The fraction of sp³-hybridized carbons (Fsp3) is 0.429. The lowest BCUT2D eigenvalue weighted by Gasteiger charge is -2.42. The summed E-state index contributed by atoms with van der Waals surface area (Å²) in [6, 6.07) is 4.05. The van der Waals surface area contributed by atoms with Gasteiger partial charge < -0.3 is 4.74 Å². The van der Waals surface area contributed by atoms with Gasteiger partial charge in [0.1, 0.15) is 25.3 Å². The van der Waals surface area contributed by atoms with Crippen molar-refractivity contribution in [3.63, 3.8) is 0 Å². The van der Waals surface area contributed by atoms with Crippen LogP contribution >= 0.6 is 0 Å². The molecule has 0 saturated carbocycles. The number of rotatable bonds is 0. The van der Waals surface area contributed by atoms with Crippen molar-refractivity contribution in [3.05, 3.63) is 29.9 Å². The summed E-state index contributed by atoms with van der Waals surface area (Å²) >= 11 is 0. The normalized spacial score (nSPS) is 21.4.